The smallest absolute Gasteiger partial charge is 0.226 e. The van der Waals surface area contributed by atoms with Gasteiger partial charge in [0.25, 0.3) is 0 Å². The minimum atomic E-state index is -0.324. The van der Waals surface area contributed by atoms with E-state index in [1.807, 2.05) is 0 Å². The van der Waals surface area contributed by atoms with E-state index in [1.165, 1.54) is 0 Å². The second kappa shape index (κ2) is 7.52. The lowest BCUT2D eigenvalue weighted by Gasteiger charge is -2.06. The Morgan fingerprint density at radius 1 is 1.24 bits per heavy atom. The van der Waals surface area contributed by atoms with Gasteiger partial charge in [0.15, 0.2) is 5.78 Å². The number of Topliss-reactive ketones (excluding diaryl/α,β-unsaturated/α-hetero) is 1. The number of ether oxygens (including phenoxy) is 1. The summed E-state index contributed by atoms with van der Waals surface area (Å²) < 4.78 is 5.52. The molecule has 1 aromatic rings. The fraction of sp³-hybridized carbons (Fsp3) is 0.333. The Kier molecular flexibility index (Phi) is 5.70. The minimum Gasteiger partial charge on any atom is -0.511 e. The van der Waals surface area contributed by atoms with Gasteiger partial charge >= 0.3 is 0 Å². The molecular formula is C15H15ClO4S. The van der Waals surface area contributed by atoms with Crippen molar-refractivity contribution in [3.8, 4) is 5.75 Å². The van der Waals surface area contributed by atoms with Crippen LogP contribution in [0.2, 0.25) is 5.02 Å². The van der Waals surface area contributed by atoms with Crippen LogP contribution >= 0.6 is 23.4 Å². The molecule has 0 aliphatic carbocycles. The maximum absolute atomic E-state index is 11.4. The summed E-state index contributed by atoms with van der Waals surface area (Å²) >= 11 is 6.71. The summed E-state index contributed by atoms with van der Waals surface area (Å²) in [5, 5.41) is 10.1. The molecule has 0 unspecified atom stereocenters. The number of aliphatic hydroxyl groups excluding tert-OH is 1. The SMILES string of the molecule is O=C1CSC(=O)C1=C(O)CCCCOc1ccc(Cl)cc1. The van der Waals surface area contributed by atoms with Crippen molar-refractivity contribution < 1.29 is 19.4 Å². The van der Waals surface area contributed by atoms with Crippen LogP contribution in [0, 0.1) is 0 Å². The fourth-order valence-corrected chi connectivity index (χ4v) is 2.82. The van der Waals surface area contributed by atoms with Gasteiger partial charge in [0.05, 0.1) is 12.4 Å². The third-order valence-corrected chi connectivity index (χ3v) is 4.12. The average molecular weight is 327 g/mol. The number of hydrogen-bond donors (Lipinski definition) is 1. The first-order valence-electron chi connectivity index (χ1n) is 6.58. The van der Waals surface area contributed by atoms with Crippen molar-refractivity contribution in [2.45, 2.75) is 19.3 Å². The lowest BCUT2D eigenvalue weighted by molar-refractivity contribution is -0.115. The molecule has 0 bridgehead atoms. The Balaban J connectivity index is 1.72. The molecule has 0 aromatic heterocycles. The highest BCUT2D eigenvalue weighted by atomic mass is 35.5. The van der Waals surface area contributed by atoms with E-state index in [0.29, 0.717) is 24.5 Å². The molecule has 2 rings (SSSR count). The van der Waals surface area contributed by atoms with Gasteiger partial charge in [0.1, 0.15) is 17.1 Å². The number of benzene rings is 1. The van der Waals surface area contributed by atoms with Crippen molar-refractivity contribution in [3.05, 3.63) is 40.6 Å². The number of unbranched alkanes of at least 4 members (excludes halogenated alkanes) is 1. The van der Waals surface area contributed by atoms with E-state index >= 15 is 0 Å². The third kappa shape index (κ3) is 4.51. The largest absolute Gasteiger partial charge is 0.511 e. The molecule has 0 spiro atoms. The van der Waals surface area contributed by atoms with Gasteiger partial charge in [-0.25, -0.2) is 0 Å². The zero-order valence-electron chi connectivity index (χ0n) is 11.3. The summed E-state index contributed by atoms with van der Waals surface area (Å²) in [4.78, 5) is 22.8. The predicted octanol–water partition coefficient (Wildman–Crippen LogP) is 3.54. The Hall–Kier alpha value is -1.46. The van der Waals surface area contributed by atoms with E-state index in [1.54, 1.807) is 24.3 Å². The van der Waals surface area contributed by atoms with Crippen molar-refractivity contribution in [1.29, 1.82) is 0 Å². The number of rotatable bonds is 6. The first-order valence-corrected chi connectivity index (χ1v) is 7.95. The van der Waals surface area contributed by atoms with Gasteiger partial charge in [-0.1, -0.05) is 23.4 Å². The average Bonchev–Trinajstić information content (AvgIpc) is 2.79. The molecule has 21 heavy (non-hydrogen) atoms. The van der Waals surface area contributed by atoms with Crippen LogP contribution in [0.4, 0.5) is 0 Å². The standard InChI is InChI=1S/C15H15ClO4S/c16-10-4-6-11(7-5-10)20-8-2-1-3-12(17)14-13(18)9-21-15(14)19/h4-7,17H,1-3,8-9H2. The first-order chi connectivity index (χ1) is 10.1. The van der Waals surface area contributed by atoms with Crippen molar-refractivity contribution in [1.82, 2.24) is 0 Å². The maximum Gasteiger partial charge on any atom is 0.226 e. The molecule has 112 valence electrons. The Morgan fingerprint density at radius 2 is 1.95 bits per heavy atom. The Bertz CT molecular complexity index is 548. The summed E-state index contributed by atoms with van der Waals surface area (Å²) in [7, 11) is 0. The van der Waals surface area contributed by atoms with Crippen LogP contribution in [0.5, 0.6) is 5.75 Å². The van der Waals surface area contributed by atoms with Gasteiger partial charge in [-0.2, -0.15) is 0 Å². The lowest BCUT2D eigenvalue weighted by Crippen LogP contribution is -2.06. The zero-order chi connectivity index (χ0) is 15.2. The highest BCUT2D eigenvalue weighted by Gasteiger charge is 2.30. The normalized spacial score (nSPS) is 17.2. The monoisotopic (exact) mass is 326 g/mol. The molecule has 1 fully saturated rings. The van der Waals surface area contributed by atoms with Crippen LogP contribution in [-0.4, -0.2) is 28.4 Å². The molecule has 4 nitrogen and oxygen atoms in total. The molecule has 1 aliphatic rings. The summed E-state index contributed by atoms with van der Waals surface area (Å²) in [6.07, 6.45) is 1.68. The van der Waals surface area contributed by atoms with Crippen molar-refractivity contribution in [2.24, 2.45) is 0 Å². The quantitative estimate of drug-likeness (QED) is 0.375. The number of aliphatic hydroxyl groups is 1. The molecule has 0 saturated carbocycles. The second-order valence-electron chi connectivity index (χ2n) is 4.58. The molecule has 0 radical (unpaired) electrons. The summed E-state index contributed by atoms with van der Waals surface area (Å²) in [6.45, 7) is 0.501. The number of carbonyl (C=O) groups excluding carboxylic acids is 2. The molecule has 1 aliphatic heterocycles. The van der Waals surface area contributed by atoms with Crippen molar-refractivity contribution in [2.75, 3.05) is 12.4 Å². The lowest BCUT2D eigenvalue weighted by atomic mass is 10.1. The number of ketones is 1. The van der Waals surface area contributed by atoms with Crippen LogP contribution in [0.3, 0.4) is 0 Å². The minimum absolute atomic E-state index is 0.0291. The number of allylic oxidation sites excluding steroid dienone is 1. The van der Waals surface area contributed by atoms with Gasteiger partial charge in [0, 0.05) is 11.4 Å². The Labute approximate surface area is 132 Å². The predicted molar refractivity (Wildman–Crippen MR) is 82.9 cm³/mol. The molecule has 1 saturated heterocycles. The van der Waals surface area contributed by atoms with Gasteiger partial charge in [0.2, 0.25) is 5.12 Å². The zero-order valence-corrected chi connectivity index (χ0v) is 12.9. The molecular weight excluding hydrogens is 312 g/mol. The molecule has 0 amide bonds. The van der Waals surface area contributed by atoms with E-state index in [9.17, 15) is 14.7 Å². The van der Waals surface area contributed by atoms with Crippen LogP contribution in [0.25, 0.3) is 0 Å². The van der Waals surface area contributed by atoms with E-state index in [0.717, 1.165) is 23.9 Å². The van der Waals surface area contributed by atoms with Crippen LogP contribution in [-0.2, 0) is 9.59 Å². The topological polar surface area (TPSA) is 63.6 Å². The van der Waals surface area contributed by atoms with E-state index in [4.69, 9.17) is 16.3 Å². The highest BCUT2D eigenvalue weighted by Crippen LogP contribution is 2.25. The van der Waals surface area contributed by atoms with E-state index < -0.39 is 0 Å². The van der Waals surface area contributed by atoms with Gasteiger partial charge in [-0.05, 0) is 37.1 Å². The molecule has 1 N–H and O–H groups in total. The first kappa shape index (κ1) is 15.9. The highest BCUT2D eigenvalue weighted by molar-refractivity contribution is 8.15. The van der Waals surface area contributed by atoms with Gasteiger partial charge in [-0.15, -0.1) is 0 Å². The van der Waals surface area contributed by atoms with E-state index in [-0.39, 0.29) is 28.0 Å². The molecule has 1 aromatic carbocycles. The number of carbonyl (C=O) groups is 2. The van der Waals surface area contributed by atoms with Crippen molar-refractivity contribution >= 4 is 34.3 Å². The Morgan fingerprint density at radius 3 is 2.57 bits per heavy atom. The summed E-state index contributed by atoms with van der Waals surface area (Å²) in [6, 6.07) is 7.08. The second-order valence-corrected chi connectivity index (χ2v) is 5.97. The third-order valence-electron chi connectivity index (χ3n) is 3.00. The summed E-state index contributed by atoms with van der Waals surface area (Å²) in [5.41, 5.74) is -0.0291. The van der Waals surface area contributed by atoms with Crippen LogP contribution < -0.4 is 4.74 Å². The van der Waals surface area contributed by atoms with Crippen molar-refractivity contribution in [3.63, 3.8) is 0 Å². The van der Waals surface area contributed by atoms with E-state index in [2.05, 4.69) is 0 Å². The number of halogens is 1. The van der Waals surface area contributed by atoms with Crippen LogP contribution in [0.15, 0.2) is 35.6 Å². The molecule has 0 atom stereocenters. The molecule has 6 heteroatoms. The summed E-state index contributed by atoms with van der Waals surface area (Å²) in [5.74, 6) is 0.499. The fourth-order valence-electron chi connectivity index (χ4n) is 1.91. The molecule has 1 heterocycles. The van der Waals surface area contributed by atoms with Gasteiger partial charge < -0.3 is 9.84 Å². The maximum atomic E-state index is 11.4. The van der Waals surface area contributed by atoms with Gasteiger partial charge in [-0.3, -0.25) is 9.59 Å². The number of thioether (sulfide) groups is 1. The number of hydrogen-bond acceptors (Lipinski definition) is 5. The van der Waals surface area contributed by atoms with Crippen LogP contribution in [0.1, 0.15) is 19.3 Å².